The van der Waals surface area contributed by atoms with Gasteiger partial charge in [-0.05, 0) is 25.1 Å². The Labute approximate surface area is 124 Å². The van der Waals surface area contributed by atoms with Gasteiger partial charge in [0.1, 0.15) is 6.07 Å². The lowest BCUT2D eigenvalue weighted by atomic mass is 10.2. The molecule has 0 saturated carbocycles. The highest BCUT2D eigenvalue weighted by Crippen LogP contribution is 2.23. The van der Waals surface area contributed by atoms with E-state index in [4.69, 9.17) is 22.6 Å². The highest BCUT2D eigenvalue weighted by atomic mass is 35.5. The van der Waals surface area contributed by atoms with E-state index in [0.29, 0.717) is 0 Å². The molecule has 0 amide bonds. The van der Waals surface area contributed by atoms with Crippen LogP contribution in [-0.4, -0.2) is 32.4 Å². The average Bonchev–Trinajstić information content (AvgIpc) is 2.36. The number of benzene rings is 1. The Morgan fingerprint density at radius 2 is 2.11 bits per heavy atom. The molecule has 0 aliphatic heterocycles. The summed E-state index contributed by atoms with van der Waals surface area (Å²) in [5, 5.41) is 8.85. The number of halogens is 2. The SMILES string of the molecule is CC(CN)N(C)S(=O)(=O)c1ccc(C#N)c(Cl)c1.Cl. The number of nitriles is 1. The quantitative estimate of drug-likeness (QED) is 0.911. The second kappa shape index (κ2) is 7.08. The molecule has 0 fully saturated rings. The van der Waals surface area contributed by atoms with Crippen LogP contribution < -0.4 is 5.73 Å². The Bertz CT molecular complexity index is 584. The van der Waals surface area contributed by atoms with E-state index in [1.54, 1.807) is 6.92 Å². The third kappa shape index (κ3) is 3.81. The number of nitrogens with two attached hydrogens (primary N) is 1. The maximum absolute atomic E-state index is 12.2. The average molecular weight is 324 g/mol. The van der Waals surface area contributed by atoms with Crippen LogP contribution >= 0.6 is 24.0 Å². The van der Waals surface area contributed by atoms with Crippen molar-refractivity contribution in [3.63, 3.8) is 0 Å². The van der Waals surface area contributed by atoms with Crippen molar-refractivity contribution < 1.29 is 8.42 Å². The van der Waals surface area contributed by atoms with Crippen molar-refractivity contribution in [2.24, 2.45) is 5.73 Å². The van der Waals surface area contributed by atoms with E-state index in [2.05, 4.69) is 0 Å². The number of rotatable bonds is 4. The first-order valence-electron chi connectivity index (χ1n) is 5.22. The predicted molar refractivity (Wildman–Crippen MR) is 76.9 cm³/mol. The van der Waals surface area contributed by atoms with E-state index < -0.39 is 10.0 Å². The van der Waals surface area contributed by atoms with Gasteiger partial charge in [0, 0.05) is 19.6 Å². The molecule has 0 aliphatic carbocycles. The molecule has 1 unspecified atom stereocenters. The third-order valence-electron chi connectivity index (χ3n) is 2.70. The molecule has 1 aromatic rings. The van der Waals surface area contributed by atoms with Crippen molar-refractivity contribution in [2.75, 3.05) is 13.6 Å². The highest BCUT2D eigenvalue weighted by molar-refractivity contribution is 7.89. The van der Waals surface area contributed by atoms with E-state index in [9.17, 15) is 8.42 Å². The van der Waals surface area contributed by atoms with E-state index >= 15 is 0 Å². The smallest absolute Gasteiger partial charge is 0.243 e. The molecule has 0 spiro atoms. The lowest BCUT2D eigenvalue weighted by Gasteiger charge is -2.23. The summed E-state index contributed by atoms with van der Waals surface area (Å²) in [5.41, 5.74) is 5.69. The number of hydrogen-bond donors (Lipinski definition) is 1. The summed E-state index contributed by atoms with van der Waals surface area (Å²) in [6, 6.07) is 5.58. The summed E-state index contributed by atoms with van der Waals surface area (Å²) in [6.45, 7) is 1.93. The standard InChI is InChI=1S/C11H14ClN3O2S.ClH/c1-8(6-13)15(2)18(16,17)10-4-3-9(7-14)11(12)5-10;/h3-5,8H,6,13H2,1-2H3;1H. The van der Waals surface area contributed by atoms with Gasteiger partial charge in [-0.25, -0.2) is 8.42 Å². The van der Waals surface area contributed by atoms with Crippen LogP contribution in [-0.2, 0) is 10.0 Å². The molecule has 0 radical (unpaired) electrons. The maximum Gasteiger partial charge on any atom is 0.243 e. The first kappa shape index (κ1) is 18.2. The minimum Gasteiger partial charge on any atom is -0.329 e. The monoisotopic (exact) mass is 323 g/mol. The summed E-state index contributed by atoms with van der Waals surface area (Å²) >= 11 is 5.82. The van der Waals surface area contributed by atoms with Crippen molar-refractivity contribution in [3.8, 4) is 6.07 Å². The van der Waals surface area contributed by atoms with Crippen LogP contribution in [0.3, 0.4) is 0 Å². The summed E-state index contributed by atoms with van der Waals surface area (Å²) < 4.78 is 25.6. The first-order chi connectivity index (χ1) is 8.34. The molecular weight excluding hydrogens is 309 g/mol. The van der Waals surface area contributed by atoms with Crippen molar-refractivity contribution in [3.05, 3.63) is 28.8 Å². The summed E-state index contributed by atoms with van der Waals surface area (Å²) in [5.74, 6) is 0. The second-order valence-electron chi connectivity index (χ2n) is 3.86. The van der Waals surface area contributed by atoms with Gasteiger partial charge in [-0.1, -0.05) is 11.6 Å². The first-order valence-corrected chi connectivity index (χ1v) is 7.04. The fourth-order valence-electron chi connectivity index (χ4n) is 1.30. The molecular formula is C11H15Cl2N3O2S. The Morgan fingerprint density at radius 1 is 1.53 bits per heavy atom. The topological polar surface area (TPSA) is 87.2 Å². The van der Waals surface area contributed by atoms with Crippen molar-refractivity contribution in [1.82, 2.24) is 4.31 Å². The Hall–Kier alpha value is -0.840. The number of hydrogen-bond acceptors (Lipinski definition) is 4. The molecule has 0 aliphatic rings. The minimum absolute atomic E-state index is 0. The van der Waals surface area contributed by atoms with Crippen molar-refractivity contribution in [2.45, 2.75) is 17.9 Å². The van der Waals surface area contributed by atoms with Crippen LogP contribution in [0.2, 0.25) is 5.02 Å². The molecule has 8 heteroatoms. The van der Waals surface area contributed by atoms with Gasteiger partial charge in [0.25, 0.3) is 0 Å². The molecule has 0 saturated heterocycles. The number of nitrogens with zero attached hydrogens (tertiary/aromatic N) is 2. The van der Waals surface area contributed by atoms with Gasteiger partial charge < -0.3 is 5.73 Å². The van der Waals surface area contributed by atoms with Gasteiger partial charge in [0.15, 0.2) is 0 Å². The molecule has 2 N–H and O–H groups in total. The second-order valence-corrected chi connectivity index (χ2v) is 6.26. The van der Waals surface area contributed by atoms with E-state index in [1.165, 1.54) is 29.6 Å². The van der Waals surface area contributed by atoms with Crippen LogP contribution in [0.25, 0.3) is 0 Å². The zero-order valence-electron chi connectivity index (χ0n) is 10.5. The summed E-state index contributed by atoms with van der Waals surface area (Å²) in [6.07, 6.45) is 0. The van der Waals surface area contributed by atoms with Crippen LogP contribution in [0.1, 0.15) is 12.5 Å². The van der Waals surface area contributed by atoms with Crippen LogP contribution in [0, 0.1) is 11.3 Å². The largest absolute Gasteiger partial charge is 0.329 e. The van der Waals surface area contributed by atoms with Crippen LogP contribution in [0.4, 0.5) is 0 Å². The van der Waals surface area contributed by atoms with Crippen LogP contribution in [0.15, 0.2) is 23.1 Å². The maximum atomic E-state index is 12.2. The van der Waals surface area contributed by atoms with Gasteiger partial charge in [0.2, 0.25) is 10.0 Å². The van der Waals surface area contributed by atoms with Crippen molar-refractivity contribution >= 4 is 34.0 Å². The molecule has 106 valence electrons. The van der Waals surface area contributed by atoms with Crippen molar-refractivity contribution in [1.29, 1.82) is 5.26 Å². The number of sulfonamides is 1. The van der Waals surface area contributed by atoms with Crippen LogP contribution in [0.5, 0.6) is 0 Å². The van der Waals surface area contributed by atoms with Gasteiger partial charge >= 0.3 is 0 Å². The van der Waals surface area contributed by atoms with Gasteiger partial charge in [0.05, 0.1) is 15.5 Å². The third-order valence-corrected chi connectivity index (χ3v) is 4.98. The molecule has 1 atom stereocenters. The zero-order chi connectivity index (χ0) is 13.9. The Balaban J connectivity index is 0.00000324. The molecule has 1 rings (SSSR count). The molecule has 0 aromatic heterocycles. The molecule has 0 heterocycles. The molecule has 19 heavy (non-hydrogen) atoms. The van der Waals surface area contributed by atoms with Gasteiger partial charge in [-0.15, -0.1) is 12.4 Å². The van der Waals surface area contributed by atoms with Gasteiger partial charge in [-0.3, -0.25) is 0 Å². The Kier molecular flexibility index (Phi) is 6.77. The fourth-order valence-corrected chi connectivity index (χ4v) is 2.99. The molecule has 1 aromatic carbocycles. The number of likely N-dealkylation sites (N-methyl/N-ethyl adjacent to an activating group) is 1. The highest BCUT2D eigenvalue weighted by Gasteiger charge is 2.25. The Morgan fingerprint density at radius 3 is 2.53 bits per heavy atom. The van der Waals surface area contributed by atoms with E-state index in [-0.39, 0.29) is 40.5 Å². The lowest BCUT2D eigenvalue weighted by molar-refractivity contribution is 0.394. The summed E-state index contributed by atoms with van der Waals surface area (Å²) in [4.78, 5) is 0.0503. The fraction of sp³-hybridized carbons (Fsp3) is 0.364. The minimum atomic E-state index is -3.64. The normalized spacial score (nSPS) is 12.6. The molecule has 5 nitrogen and oxygen atoms in total. The lowest BCUT2D eigenvalue weighted by Crippen LogP contribution is -2.39. The van der Waals surface area contributed by atoms with E-state index in [1.807, 2.05) is 6.07 Å². The summed E-state index contributed by atoms with van der Waals surface area (Å²) in [7, 11) is -2.18. The zero-order valence-corrected chi connectivity index (χ0v) is 12.9. The molecule has 0 bridgehead atoms. The van der Waals surface area contributed by atoms with E-state index in [0.717, 1.165) is 0 Å². The van der Waals surface area contributed by atoms with Gasteiger partial charge in [-0.2, -0.15) is 9.57 Å². The predicted octanol–water partition coefficient (Wildman–Crippen LogP) is 1.60.